The Labute approximate surface area is 119 Å². The molecule has 2 aliphatic heterocycles. The Morgan fingerprint density at radius 3 is 2.05 bits per heavy atom. The van der Waals surface area contributed by atoms with Gasteiger partial charge in [-0.1, -0.05) is 20.3 Å². The van der Waals surface area contributed by atoms with Gasteiger partial charge in [-0.3, -0.25) is 0 Å². The van der Waals surface area contributed by atoms with E-state index >= 15 is 0 Å². The molecule has 0 aromatic rings. The summed E-state index contributed by atoms with van der Waals surface area (Å²) in [6.07, 6.45) is 8.55. The van der Waals surface area contributed by atoms with Crippen LogP contribution in [0.1, 0.15) is 58.8 Å². The lowest BCUT2D eigenvalue weighted by molar-refractivity contribution is -0.0163. The van der Waals surface area contributed by atoms with Crippen LogP contribution in [0.2, 0.25) is 0 Å². The number of β-amino-alcohol motifs (C(OH)–C–C–N with tert-alkyl or cyclic N) is 1. The molecule has 1 N–H and O–H groups in total. The van der Waals surface area contributed by atoms with Crippen molar-refractivity contribution in [3.8, 4) is 0 Å². The van der Waals surface area contributed by atoms with Gasteiger partial charge in [0.05, 0.1) is 5.60 Å². The molecule has 0 aromatic carbocycles. The fraction of sp³-hybridized carbons (Fsp3) is 1.00. The summed E-state index contributed by atoms with van der Waals surface area (Å²) < 4.78 is 0. The first-order valence-electron chi connectivity index (χ1n) is 8.35. The van der Waals surface area contributed by atoms with Crippen LogP contribution in [0.25, 0.3) is 0 Å². The van der Waals surface area contributed by atoms with E-state index in [1.165, 1.54) is 58.3 Å². The number of aliphatic hydroxyl groups is 1. The predicted octanol–water partition coefficient (Wildman–Crippen LogP) is 2.49. The highest BCUT2D eigenvalue weighted by Crippen LogP contribution is 2.23. The first-order valence-corrected chi connectivity index (χ1v) is 8.35. The van der Waals surface area contributed by atoms with Crippen LogP contribution in [0.15, 0.2) is 0 Å². The van der Waals surface area contributed by atoms with Crippen molar-refractivity contribution in [3.05, 3.63) is 0 Å². The van der Waals surface area contributed by atoms with E-state index in [1.807, 2.05) is 0 Å². The topological polar surface area (TPSA) is 26.7 Å². The highest BCUT2D eigenvalue weighted by Gasteiger charge is 2.30. The second kappa shape index (κ2) is 7.05. The largest absolute Gasteiger partial charge is 0.389 e. The van der Waals surface area contributed by atoms with E-state index in [0.717, 1.165) is 25.4 Å². The molecule has 2 rings (SSSR count). The third kappa shape index (κ3) is 4.17. The fourth-order valence-corrected chi connectivity index (χ4v) is 3.62. The van der Waals surface area contributed by atoms with Gasteiger partial charge in [0, 0.05) is 12.6 Å². The maximum atomic E-state index is 10.4. The fourth-order valence-electron chi connectivity index (χ4n) is 3.62. The summed E-state index contributed by atoms with van der Waals surface area (Å²) in [6.45, 7) is 10.0. The Hall–Kier alpha value is -0.120. The summed E-state index contributed by atoms with van der Waals surface area (Å²) in [4.78, 5) is 5.19. The minimum absolute atomic E-state index is 0.460. The molecule has 3 heteroatoms. The molecule has 112 valence electrons. The van der Waals surface area contributed by atoms with E-state index in [1.54, 1.807) is 0 Å². The van der Waals surface area contributed by atoms with Gasteiger partial charge in [0.2, 0.25) is 0 Å². The summed E-state index contributed by atoms with van der Waals surface area (Å²) >= 11 is 0. The van der Waals surface area contributed by atoms with E-state index in [0.29, 0.717) is 0 Å². The standard InChI is InChI=1S/C16H32N2O/c1-3-16(19,4-2)14-17-12-8-15(9-13-17)18-10-6-5-7-11-18/h15,19H,3-14H2,1-2H3. The van der Waals surface area contributed by atoms with Crippen molar-refractivity contribution < 1.29 is 5.11 Å². The smallest absolute Gasteiger partial charge is 0.0768 e. The molecule has 2 heterocycles. The molecule has 0 bridgehead atoms. The van der Waals surface area contributed by atoms with Gasteiger partial charge in [-0.25, -0.2) is 0 Å². The number of likely N-dealkylation sites (tertiary alicyclic amines) is 2. The molecular weight excluding hydrogens is 236 g/mol. The van der Waals surface area contributed by atoms with Crippen molar-refractivity contribution in [1.29, 1.82) is 0 Å². The van der Waals surface area contributed by atoms with Gasteiger partial charge in [-0.2, -0.15) is 0 Å². The zero-order valence-electron chi connectivity index (χ0n) is 12.9. The minimum atomic E-state index is -0.460. The van der Waals surface area contributed by atoms with E-state index in [9.17, 15) is 5.11 Å². The van der Waals surface area contributed by atoms with Crippen molar-refractivity contribution in [2.24, 2.45) is 0 Å². The summed E-state index contributed by atoms with van der Waals surface area (Å²) in [5.74, 6) is 0. The molecule has 0 saturated carbocycles. The Bertz CT molecular complexity index is 251. The molecule has 3 nitrogen and oxygen atoms in total. The first kappa shape index (κ1) is 15.3. The summed E-state index contributed by atoms with van der Waals surface area (Å²) in [7, 11) is 0. The predicted molar refractivity (Wildman–Crippen MR) is 80.4 cm³/mol. The molecule has 0 aromatic heterocycles. The Balaban J connectivity index is 1.75. The monoisotopic (exact) mass is 268 g/mol. The van der Waals surface area contributed by atoms with Crippen LogP contribution in [-0.4, -0.2) is 59.3 Å². The van der Waals surface area contributed by atoms with Gasteiger partial charge in [-0.05, 0) is 64.7 Å². The van der Waals surface area contributed by atoms with Gasteiger partial charge < -0.3 is 14.9 Å². The molecule has 19 heavy (non-hydrogen) atoms. The third-order valence-electron chi connectivity index (χ3n) is 5.30. The molecule has 0 aliphatic carbocycles. The zero-order chi connectivity index (χ0) is 13.7. The van der Waals surface area contributed by atoms with E-state index in [-0.39, 0.29) is 0 Å². The van der Waals surface area contributed by atoms with Crippen molar-refractivity contribution in [3.63, 3.8) is 0 Å². The zero-order valence-corrected chi connectivity index (χ0v) is 12.9. The quantitative estimate of drug-likeness (QED) is 0.830. The SMILES string of the molecule is CCC(O)(CC)CN1CCC(N2CCCCC2)CC1. The number of hydrogen-bond donors (Lipinski definition) is 1. The van der Waals surface area contributed by atoms with Crippen molar-refractivity contribution in [2.45, 2.75) is 70.4 Å². The van der Waals surface area contributed by atoms with Crippen LogP contribution in [-0.2, 0) is 0 Å². The highest BCUT2D eigenvalue weighted by molar-refractivity contribution is 4.86. The summed E-state index contributed by atoms with van der Waals surface area (Å²) in [5.41, 5.74) is -0.460. The summed E-state index contributed by atoms with van der Waals surface area (Å²) in [5, 5.41) is 10.4. The van der Waals surface area contributed by atoms with Crippen molar-refractivity contribution >= 4 is 0 Å². The maximum absolute atomic E-state index is 10.4. The van der Waals surface area contributed by atoms with Crippen LogP contribution in [0.5, 0.6) is 0 Å². The Morgan fingerprint density at radius 1 is 0.947 bits per heavy atom. The lowest BCUT2D eigenvalue weighted by Crippen LogP contribution is -2.50. The molecule has 2 fully saturated rings. The lowest BCUT2D eigenvalue weighted by atomic mass is 9.94. The number of rotatable bonds is 5. The Kier molecular flexibility index (Phi) is 5.67. The van der Waals surface area contributed by atoms with Crippen molar-refractivity contribution in [1.82, 2.24) is 9.80 Å². The maximum Gasteiger partial charge on any atom is 0.0768 e. The van der Waals surface area contributed by atoms with E-state index in [4.69, 9.17) is 0 Å². The van der Waals surface area contributed by atoms with Crippen LogP contribution in [0, 0.1) is 0 Å². The van der Waals surface area contributed by atoms with Gasteiger partial charge in [-0.15, -0.1) is 0 Å². The molecule has 0 amide bonds. The third-order valence-corrected chi connectivity index (χ3v) is 5.30. The molecule has 2 saturated heterocycles. The van der Waals surface area contributed by atoms with Gasteiger partial charge in [0.25, 0.3) is 0 Å². The van der Waals surface area contributed by atoms with Crippen LogP contribution < -0.4 is 0 Å². The van der Waals surface area contributed by atoms with Gasteiger partial charge in [0.1, 0.15) is 0 Å². The van der Waals surface area contributed by atoms with Crippen molar-refractivity contribution in [2.75, 3.05) is 32.7 Å². The number of hydrogen-bond acceptors (Lipinski definition) is 3. The average molecular weight is 268 g/mol. The second-order valence-electron chi connectivity index (χ2n) is 6.54. The normalized spacial score (nSPS) is 24.8. The van der Waals surface area contributed by atoms with E-state index < -0.39 is 5.60 Å². The van der Waals surface area contributed by atoms with Gasteiger partial charge >= 0.3 is 0 Å². The number of nitrogens with zero attached hydrogens (tertiary/aromatic N) is 2. The molecule has 0 atom stereocenters. The minimum Gasteiger partial charge on any atom is -0.389 e. The highest BCUT2D eigenvalue weighted by atomic mass is 16.3. The van der Waals surface area contributed by atoms with E-state index in [2.05, 4.69) is 23.6 Å². The van der Waals surface area contributed by atoms with Crippen LogP contribution >= 0.6 is 0 Å². The number of piperidine rings is 2. The summed E-state index contributed by atoms with van der Waals surface area (Å²) in [6, 6.07) is 0.813. The molecule has 2 aliphatic rings. The molecular formula is C16H32N2O. The first-order chi connectivity index (χ1) is 9.17. The van der Waals surface area contributed by atoms with Gasteiger partial charge in [0.15, 0.2) is 0 Å². The molecule has 0 radical (unpaired) electrons. The second-order valence-corrected chi connectivity index (χ2v) is 6.54. The Morgan fingerprint density at radius 2 is 1.53 bits per heavy atom. The lowest BCUT2D eigenvalue weighted by Gasteiger charge is -2.42. The van der Waals surface area contributed by atoms with Crippen LogP contribution in [0.3, 0.4) is 0 Å². The van der Waals surface area contributed by atoms with Crippen LogP contribution in [0.4, 0.5) is 0 Å². The molecule has 0 unspecified atom stereocenters. The molecule has 0 spiro atoms. The average Bonchev–Trinajstić information content (AvgIpc) is 2.49.